The predicted octanol–water partition coefficient (Wildman–Crippen LogP) is 5.70. The third kappa shape index (κ3) is 10.5. The molecule has 11 nitrogen and oxygen atoms in total. The minimum atomic E-state index is -3.34. The summed E-state index contributed by atoms with van der Waals surface area (Å²) in [5.74, 6) is 0.971. The molecule has 3 rings (SSSR count). The van der Waals surface area contributed by atoms with E-state index in [4.69, 9.17) is 23.3 Å². The van der Waals surface area contributed by atoms with Crippen LogP contribution in [0.4, 0.5) is 5.13 Å². The molecule has 0 bridgehead atoms. The molecule has 1 N–H and O–H groups in total. The number of amides is 1. The normalized spacial score (nSPS) is 12.6. The van der Waals surface area contributed by atoms with Crippen LogP contribution in [0.2, 0.25) is 0 Å². The van der Waals surface area contributed by atoms with Crippen LogP contribution in [0.5, 0.6) is 17.2 Å². The topological polar surface area (TPSA) is 139 Å². The highest BCUT2D eigenvalue weighted by molar-refractivity contribution is 7.90. The number of thiazole rings is 1. The number of nitrogens with zero attached hydrogens (tertiary/aromatic N) is 1. The van der Waals surface area contributed by atoms with Gasteiger partial charge in [-0.05, 0) is 62.7 Å². The zero-order valence-electron chi connectivity index (χ0n) is 23.6. The number of hydrogen-bond donors (Lipinski definition) is 1. The van der Waals surface area contributed by atoms with Gasteiger partial charge >= 0.3 is 7.60 Å². The van der Waals surface area contributed by atoms with Gasteiger partial charge in [0.2, 0.25) is 5.91 Å². The zero-order chi connectivity index (χ0) is 30.0. The van der Waals surface area contributed by atoms with Gasteiger partial charge in [0.15, 0.2) is 15.0 Å². The van der Waals surface area contributed by atoms with Crippen molar-refractivity contribution in [1.29, 1.82) is 0 Å². The maximum atomic E-state index is 12.9. The second kappa shape index (κ2) is 14.9. The molecule has 0 spiro atoms. The van der Waals surface area contributed by atoms with Gasteiger partial charge in [-0.15, -0.1) is 11.3 Å². The molecule has 2 aromatic carbocycles. The molecule has 3 aromatic rings. The zero-order valence-corrected chi connectivity index (χ0v) is 26.1. The standard InChI is InChI=1S/C27H35N2O9PS2/c1-6-35-39(31,36-7-2)17-21-18-40-27(28-21)29-26(30)14-20-12-23(37-19(3)16-34-4)15-24(13-20)38-22-8-10-25(11-9-22)41(5,32)33/h8-13,15,18-19H,6-7,14,16-17H2,1-5H3,(H,28,29,30)/t19-/m0/s1. The van der Waals surface area contributed by atoms with Gasteiger partial charge in [-0.2, -0.15) is 0 Å². The van der Waals surface area contributed by atoms with Crippen molar-refractivity contribution in [3.63, 3.8) is 0 Å². The molecule has 0 aliphatic heterocycles. The van der Waals surface area contributed by atoms with E-state index in [9.17, 15) is 17.8 Å². The van der Waals surface area contributed by atoms with Crippen molar-refractivity contribution in [3.05, 3.63) is 59.1 Å². The molecular weight excluding hydrogens is 591 g/mol. The van der Waals surface area contributed by atoms with E-state index < -0.39 is 17.4 Å². The van der Waals surface area contributed by atoms with E-state index >= 15 is 0 Å². The molecule has 1 amide bonds. The average Bonchev–Trinajstić information content (AvgIpc) is 3.29. The minimum Gasteiger partial charge on any atom is -0.488 e. The molecule has 0 radical (unpaired) electrons. The molecule has 1 heterocycles. The Morgan fingerprint density at radius 2 is 1.71 bits per heavy atom. The van der Waals surface area contributed by atoms with Crippen molar-refractivity contribution in [1.82, 2.24) is 4.98 Å². The van der Waals surface area contributed by atoms with Gasteiger partial charge in [0.05, 0.1) is 43.0 Å². The Labute approximate surface area is 244 Å². The number of ether oxygens (including phenoxy) is 3. The first-order valence-electron chi connectivity index (χ1n) is 12.8. The summed E-state index contributed by atoms with van der Waals surface area (Å²) >= 11 is 1.21. The van der Waals surface area contributed by atoms with Gasteiger partial charge in [-0.3, -0.25) is 9.36 Å². The largest absolute Gasteiger partial charge is 0.488 e. The number of aromatic nitrogens is 1. The van der Waals surface area contributed by atoms with Crippen LogP contribution in [-0.4, -0.2) is 58.6 Å². The fourth-order valence-corrected chi connectivity index (χ4v) is 6.84. The van der Waals surface area contributed by atoms with Crippen LogP contribution in [-0.2, 0) is 45.6 Å². The molecule has 224 valence electrons. The fraction of sp³-hybridized carbons (Fsp3) is 0.407. The van der Waals surface area contributed by atoms with Crippen molar-refractivity contribution in [2.45, 2.75) is 44.4 Å². The molecule has 0 aliphatic carbocycles. The number of nitrogens with one attached hydrogen (secondary N) is 1. The number of methoxy groups -OCH3 is 1. The van der Waals surface area contributed by atoms with Crippen LogP contribution in [0.3, 0.4) is 0 Å². The summed E-state index contributed by atoms with van der Waals surface area (Å²) in [5, 5.41) is 4.83. The molecule has 0 saturated carbocycles. The SMILES string of the molecule is CCOP(=O)(Cc1csc(NC(=O)Cc2cc(Oc3ccc(S(C)(=O)=O)cc3)cc(O[C@@H](C)COC)c2)n1)OCC. The Bertz CT molecular complexity index is 1450. The molecule has 14 heteroatoms. The molecule has 0 saturated heterocycles. The highest BCUT2D eigenvalue weighted by atomic mass is 32.2. The van der Waals surface area contributed by atoms with E-state index in [-0.39, 0.29) is 42.7 Å². The highest BCUT2D eigenvalue weighted by Crippen LogP contribution is 2.51. The number of carbonyl (C=O) groups is 1. The van der Waals surface area contributed by atoms with Crippen LogP contribution in [0.1, 0.15) is 32.0 Å². The smallest absolute Gasteiger partial charge is 0.336 e. The van der Waals surface area contributed by atoms with E-state index in [2.05, 4.69) is 10.3 Å². The lowest BCUT2D eigenvalue weighted by Crippen LogP contribution is -2.18. The summed E-state index contributed by atoms with van der Waals surface area (Å²) in [6, 6.07) is 11.2. The third-order valence-electron chi connectivity index (χ3n) is 5.34. The first kappa shape index (κ1) is 32.7. The van der Waals surface area contributed by atoms with Crippen molar-refractivity contribution in [2.75, 3.05) is 38.5 Å². The Kier molecular flexibility index (Phi) is 11.9. The molecule has 1 aromatic heterocycles. The van der Waals surface area contributed by atoms with Crippen molar-refractivity contribution >= 4 is 39.8 Å². The summed E-state index contributed by atoms with van der Waals surface area (Å²) in [6.07, 6.45) is 0.870. The summed E-state index contributed by atoms with van der Waals surface area (Å²) < 4.78 is 64.0. The van der Waals surface area contributed by atoms with Crippen LogP contribution >= 0.6 is 18.9 Å². The molecule has 1 atom stereocenters. The second-order valence-corrected chi connectivity index (χ2v) is 13.9. The van der Waals surface area contributed by atoms with E-state index in [0.29, 0.717) is 40.2 Å². The lowest BCUT2D eigenvalue weighted by Gasteiger charge is -2.16. The van der Waals surface area contributed by atoms with E-state index in [1.54, 1.807) is 56.7 Å². The number of hydrogen-bond acceptors (Lipinski definition) is 11. The second-order valence-electron chi connectivity index (χ2n) is 9.02. The number of benzene rings is 2. The van der Waals surface area contributed by atoms with Crippen LogP contribution in [0.15, 0.2) is 52.7 Å². The van der Waals surface area contributed by atoms with E-state index in [0.717, 1.165) is 6.26 Å². The fourth-order valence-electron chi connectivity index (χ4n) is 3.76. The molecule has 41 heavy (non-hydrogen) atoms. The van der Waals surface area contributed by atoms with Gasteiger partial charge < -0.3 is 28.6 Å². The third-order valence-corrected chi connectivity index (χ3v) is 9.29. The molecule has 0 fully saturated rings. The first-order valence-corrected chi connectivity index (χ1v) is 17.3. The Morgan fingerprint density at radius 1 is 1.05 bits per heavy atom. The number of sulfone groups is 1. The number of anilines is 1. The van der Waals surface area contributed by atoms with Gasteiger partial charge in [0.25, 0.3) is 0 Å². The van der Waals surface area contributed by atoms with Crippen molar-refractivity contribution < 1.29 is 41.0 Å². The van der Waals surface area contributed by atoms with Gasteiger partial charge in [0, 0.05) is 24.8 Å². The van der Waals surface area contributed by atoms with Crippen LogP contribution in [0, 0.1) is 0 Å². The average molecular weight is 627 g/mol. The van der Waals surface area contributed by atoms with Crippen molar-refractivity contribution in [3.8, 4) is 17.2 Å². The molecule has 0 unspecified atom stereocenters. The van der Waals surface area contributed by atoms with E-state index in [1.807, 2.05) is 6.92 Å². The predicted molar refractivity (Wildman–Crippen MR) is 157 cm³/mol. The quantitative estimate of drug-likeness (QED) is 0.197. The Morgan fingerprint density at radius 3 is 2.32 bits per heavy atom. The van der Waals surface area contributed by atoms with Gasteiger partial charge in [0.1, 0.15) is 23.4 Å². The number of rotatable bonds is 16. The van der Waals surface area contributed by atoms with Gasteiger partial charge in [-0.1, -0.05) is 0 Å². The maximum absolute atomic E-state index is 12.9. The minimum absolute atomic E-state index is 0.00591. The monoisotopic (exact) mass is 626 g/mol. The summed E-state index contributed by atoms with van der Waals surface area (Å²) in [4.78, 5) is 17.5. The van der Waals surface area contributed by atoms with Crippen molar-refractivity contribution in [2.24, 2.45) is 0 Å². The maximum Gasteiger partial charge on any atom is 0.336 e. The summed E-state index contributed by atoms with van der Waals surface area (Å²) in [7, 11) is -5.08. The Hall–Kier alpha value is -2.80. The summed E-state index contributed by atoms with van der Waals surface area (Å²) in [6.45, 7) is 6.18. The van der Waals surface area contributed by atoms with Gasteiger partial charge in [-0.25, -0.2) is 13.4 Å². The highest BCUT2D eigenvalue weighted by Gasteiger charge is 2.25. The van der Waals surface area contributed by atoms with Crippen LogP contribution < -0.4 is 14.8 Å². The lowest BCUT2D eigenvalue weighted by molar-refractivity contribution is -0.115. The number of carbonyl (C=O) groups excluding carboxylic acids is 1. The summed E-state index contributed by atoms with van der Waals surface area (Å²) in [5.41, 5.74) is 1.11. The Balaban J connectivity index is 1.75. The molecular formula is C27H35N2O9PS2. The van der Waals surface area contributed by atoms with E-state index in [1.165, 1.54) is 23.5 Å². The first-order chi connectivity index (χ1) is 19.4. The van der Waals surface area contributed by atoms with Crippen LogP contribution in [0.25, 0.3) is 0 Å². The lowest BCUT2D eigenvalue weighted by atomic mass is 10.1. The molecule has 0 aliphatic rings.